The largest absolute Gasteiger partial charge is 0.497 e. The molecule has 0 aliphatic rings. The Morgan fingerprint density at radius 1 is 1.14 bits per heavy atom. The van der Waals surface area contributed by atoms with E-state index >= 15 is 0 Å². The molecular formula is C28H25F2NO4. The third kappa shape index (κ3) is 4.89. The number of carbonyl (C=O) groups excluding carboxylic acids is 1. The van der Waals surface area contributed by atoms with E-state index < -0.39 is 17.5 Å². The molecule has 7 heteroatoms. The molecule has 0 aliphatic carbocycles. The smallest absolute Gasteiger partial charge is 0.248 e. The zero-order chi connectivity index (χ0) is 25.1. The molecule has 4 rings (SSSR count). The van der Waals surface area contributed by atoms with E-state index in [1.54, 1.807) is 20.3 Å². The zero-order valence-corrected chi connectivity index (χ0v) is 19.9. The van der Waals surface area contributed by atoms with Crippen LogP contribution in [0.25, 0.3) is 27.7 Å². The molecule has 0 unspecified atom stereocenters. The molecule has 1 aromatic heterocycles. The minimum Gasteiger partial charge on any atom is -0.497 e. The highest BCUT2D eigenvalue weighted by Crippen LogP contribution is 2.41. The summed E-state index contributed by atoms with van der Waals surface area (Å²) in [5.41, 5.74) is 4.30. The molecule has 4 aromatic rings. The van der Waals surface area contributed by atoms with Crippen LogP contribution in [0.1, 0.15) is 25.0 Å². The van der Waals surface area contributed by atoms with Crippen LogP contribution in [0.3, 0.4) is 0 Å². The number of hydrogen-bond acceptors (Lipinski definition) is 4. The average molecular weight is 478 g/mol. The summed E-state index contributed by atoms with van der Waals surface area (Å²) >= 11 is 0. The van der Waals surface area contributed by atoms with Gasteiger partial charge >= 0.3 is 0 Å². The van der Waals surface area contributed by atoms with Crippen LogP contribution < -0.4 is 14.8 Å². The Morgan fingerprint density at radius 3 is 2.69 bits per heavy atom. The number of halogens is 2. The van der Waals surface area contributed by atoms with E-state index in [1.165, 1.54) is 6.08 Å². The molecule has 0 bridgehead atoms. The van der Waals surface area contributed by atoms with E-state index in [2.05, 4.69) is 5.32 Å². The predicted octanol–water partition coefficient (Wildman–Crippen LogP) is 7.14. The highest BCUT2D eigenvalue weighted by Gasteiger charge is 2.19. The molecule has 0 fully saturated rings. The van der Waals surface area contributed by atoms with Gasteiger partial charge in [0.25, 0.3) is 0 Å². The van der Waals surface area contributed by atoms with Gasteiger partial charge in [0.05, 0.1) is 25.7 Å². The van der Waals surface area contributed by atoms with Crippen molar-refractivity contribution >= 4 is 28.1 Å². The molecule has 1 N–H and O–H groups in total. The summed E-state index contributed by atoms with van der Waals surface area (Å²) in [5.74, 6) is -0.652. The van der Waals surface area contributed by atoms with Crippen molar-refractivity contribution in [3.05, 3.63) is 83.6 Å². The van der Waals surface area contributed by atoms with Gasteiger partial charge in [0.1, 0.15) is 28.7 Å². The average Bonchev–Trinajstić information content (AvgIpc) is 3.27. The summed E-state index contributed by atoms with van der Waals surface area (Å²) in [5, 5.41) is 3.24. The Hall–Kier alpha value is -4.13. The summed E-state index contributed by atoms with van der Waals surface area (Å²) in [4.78, 5) is 12.6. The fraction of sp³-hybridized carbons (Fsp3) is 0.179. The molecular weight excluding hydrogens is 452 g/mol. The summed E-state index contributed by atoms with van der Waals surface area (Å²) in [6.07, 6.45) is 3.02. The number of furan rings is 1. The third-order valence-corrected chi connectivity index (χ3v) is 5.67. The van der Waals surface area contributed by atoms with Crippen LogP contribution in [0.5, 0.6) is 11.5 Å². The van der Waals surface area contributed by atoms with E-state index in [4.69, 9.17) is 13.9 Å². The number of hydrogen-bond donors (Lipinski definition) is 1. The van der Waals surface area contributed by atoms with Gasteiger partial charge in [-0.3, -0.25) is 4.79 Å². The third-order valence-electron chi connectivity index (χ3n) is 5.67. The lowest BCUT2D eigenvalue weighted by Gasteiger charge is -2.15. The second-order valence-corrected chi connectivity index (χ2v) is 8.01. The number of benzene rings is 3. The van der Waals surface area contributed by atoms with Crippen molar-refractivity contribution in [3.63, 3.8) is 0 Å². The Bertz CT molecular complexity index is 1440. The lowest BCUT2D eigenvalue weighted by Crippen LogP contribution is -2.10. The molecule has 35 heavy (non-hydrogen) atoms. The van der Waals surface area contributed by atoms with Crippen LogP contribution in [0, 0.1) is 18.6 Å². The maximum Gasteiger partial charge on any atom is 0.248 e. The highest BCUT2D eigenvalue weighted by atomic mass is 19.1. The van der Waals surface area contributed by atoms with E-state index in [0.29, 0.717) is 29.1 Å². The molecule has 0 aliphatic heterocycles. The van der Waals surface area contributed by atoms with Crippen LogP contribution in [0.4, 0.5) is 14.5 Å². The normalized spacial score (nSPS) is 11.5. The van der Waals surface area contributed by atoms with Crippen molar-refractivity contribution in [2.45, 2.75) is 20.8 Å². The highest BCUT2D eigenvalue weighted by molar-refractivity contribution is 6.06. The van der Waals surface area contributed by atoms with Gasteiger partial charge in [-0.2, -0.15) is 0 Å². The first-order chi connectivity index (χ1) is 16.8. The van der Waals surface area contributed by atoms with Gasteiger partial charge in [-0.1, -0.05) is 12.1 Å². The van der Waals surface area contributed by atoms with E-state index in [1.807, 2.05) is 44.2 Å². The number of methoxy groups -OCH3 is 1. The van der Waals surface area contributed by atoms with E-state index in [0.717, 1.165) is 46.0 Å². The molecule has 3 aromatic carbocycles. The van der Waals surface area contributed by atoms with Crippen LogP contribution >= 0.6 is 0 Å². The van der Waals surface area contributed by atoms with Crippen molar-refractivity contribution in [3.8, 4) is 22.6 Å². The van der Waals surface area contributed by atoms with Crippen molar-refractivity contribution in [1.29, 1.82) is 0 Å². The van der Waals surface area contributed by atoms with E-state index in [-0.39, 0.29) is 5.69 Å². The van der Waals surface area contributed by atoms with E-state index in [9.17, 15) is 13.6 Å². The maximum atomic E-state index is 14.0. The van der Waals surface area contributed by atoms with Crippen molar-refractivity contribution in [2.24, 2.45) is 0 Å². The van der Waals surface area contributed by atoms with Gasteiger partial charge in [-0.05, 0) is 62.2 Å². The molecule has 180 valence electrons. The number of nitrogens with one attached hydrogen (secondary N) is 1. The Kier molecular flexibility index (Phi) is 6.87. The zero-order valence-electron chi connectivity index (χ0n) is 19.9. The molecule has 0 saturated carbocycles. The number of ether oxygens (including phenoxy) is 2. The minimum atomic E-state index is -0.723. The fourth-order valence-corrected chi connectivity index (χ4v) is 3.99. The van der Waals surface area contributed by atoms with Gasteiger partial charge in [0, 0.05) is 34.2 Å². The number of carbonyl (C=O) groups is 1. The second-order valence-electron chi connectivity index (χ2n) is 8.01. The SMILES string of the molecule is CCOc1c(/C(C)=C/C(=O)Nc2cc(F)ccc2F)cc2c(-c3cccc(OC)c3)coc2c1C. The van der Waals surface area contributed by atoms with Gasteiger partial charge in [-0.25, -0.2) is 8.78 Å². The van der Waals surface area contributed by atoms with Crippen LogP contribution in [0.2, 0.25) is 0 Å². The molecule has 5 nitrogen and oxygen atoms in total. The minimum absolute atomic E-state index is 0.231. The molecule has 1 heterocycles. The summed E-state index contributed by atoms with van der Waals surface area (Å²) < 4.78 is 44.6. The first-order valence-corrected chi connectivity index (χ1v) is 11.1. The van der Waals surface area contributed by atoms with Crippen molar-refractivity contribution in [1.82, 2.24) is 0 Å². The monoisotopic (exact) mass is 477 g/mol. The Labute approximate surface area is 202 Å². The molecule has 1 amide bonds. The molecule has 0 saturated heterocycles. The Balaban J connectivity index is 1.79. The first-order valence-electron chi connectivity index (χ1n) is 11.1. The molecule has 0 spiro atoms. The summed E-state index contributed by atoms with van der Waals surface area (Å²) in [6.45, 7) is 5.94. The summed E-state index contributed by atoms with van der Waals surface area (Å²) in [7, 11) is 1.61. The van der Waals surface area contributed by atoms with Crippen LogP contribution in [-0.4, -0.2) is 19.6 Å². The molecule has 0 atom stereocenters. The van der Waals surface area contributed by atoms with Crippen molar-refractivity contribution in [2.75, 3.05) is 19.0 Å². The standard InChI is InChI=1S/C28H25F2NO4/c1-5-34-27-17(3)28-22(23(15-35-28)18-7-6-8-20(12-18)33-4)14-21(27)16(2)11-26(32)31-25-13-19(29)9-10-24(25)30/h6-15H,5H2,1-4H3,(H,31,32)/b16-11+. The summed E-state index contributed by atoms with van der Waals surface area (Å²) in [6, 6.07) is 12.4. The predicted molar refractivity (Wildman–Crippen MR) is 133 cm³/mol. The van der Waals surface area contributed by atoms with Crippen LogP contribution in [0.15, 0.2) is 65.3 Å². The lowest BCUT2D eigenvalue weighted by molar-refractivity contribution is -0.111. The van der Waals surface area contributed by atoms with Gasteiger partial charge in [-0.15, -0.1) is 0 Å². The topological polar surface area (TPSA) is 60.7 Å². The quantitative estimate of drug-likeness (QED) is 0.288. The van der Waals surface area contributed by atoms with Crippen molar-refractivity contribution < 1.29 is 27.5 Å². The maximum absolute atomic E-state index is 14.0. The molecule has 0 radical (unpaired) electrons. The van der Waals surface area contributed by atoms with Gasteiger partial charge in [0.2, 0.25) is 5.91 Å². The number of allylic oxidation sites excluding steroid dienone is 1. The number of aryl methyl sites for hydroxylation is 1. The number of fused-ring (bicyclic) bond motifs is 1. The van der Waals surface area contributed by atoms with Crippen LogP contribution in [-0.2, 0) is 4.79 Å². The van der Waals surface area contributed by atoms with Gasteiger partial charge < -0.3 is 19.2 Å². The fourth-order valence-electron chi connectivity index (χ4n) is 3.99. The lowest BCUT2D eigenvalue weighted by atomic mass is 9.96. The van der Waals surface area contributed by atoms with Gasteiger partial charge in [0.15, 0.2) is 0 Å². The number of anilines is 1. The first kappa shape index (κ1) is 24.0. The number of amides is 1. The number of rotatable bonds is 7. The second kappa shape index (κ2) is 10.0. The Morgan fingerprint density at radius 2 is 1.94 bits per heavy atom.